The van der Waals surface area contributed by atoms with E-state index < -0.39 is 11.7 Å². The minimum absolute atomic E-state index is 0.0148. The van der Waals surface area contributed by atoms with Gasteiger partial charge in [-0.1, -0.05) is 11.8 Å². The van der Waals surface area contributed by atoms with Gasteiger partial charge >= 0.3 is 6.18 Å². The quantitative estimate of drug-likeness (QED) is 0.798. The fraction of sp³-hybridized carbons (Fsp3) is 0.231. The first kappa shape index (κ1) is 14.7. The van der Waals surface area contributed by atoms with Crippen molar-refractivity contribution in [1.82, 2.24) is 20.0 Å². The summed E-state index contributed by atoms with van der Waals surface area (Å²) in [5.74, 6) is 0. The van der Waals surface area contributed by atoms with Gasteiger partial charge in [0.05, 0.1) is 11.2 Å². The molecule has 0 atom stereocenters. The predicted molar refractivity (Wildman–Crippen MR) is 69.9 cm³/mol. The van der Waals surface area contributed by atoms with E-state index in [1.807, 2.05) is 6.07 Å². The number of nitriles is 1. The van der Waals surface area contributed by atoms with Gasteiger partial charge in [-0.25, -0.2) is 9.67 Å². The number of halogens is 3. The monoisotopic (exact) mass is 293 g/mol. The van der Waals surface area contributed by atoms with Gasteiger partial charge in [0.2, 0.25) is 0 Å². The van der Waals surface area contributed by atoms with E-state index in [0.717, 1.165) is 6.08 Å². The Morgan fingerprint density at radius 1 is 1.48 bits per heavy atom. The number of hydrogen-bond donors (Lipinski definition) is 0. The molecular weight excluding hydrogens is 283 g/mol. The smallest absolute Gasteiger partial charge is 0.248 e. The molecular formula is C13H10F3N5. The lowest BCUT2D eigenvalue weighted by molar-refractivity contribution is -0.0877. The number of hydrogen-bond acceptors (Lipinski definition) is 4. The van der Waals surface area contributed by atoms with Crippen molar-refractivity contribution in [1.29, 1.82) is 5.26 Å². The number of rotatable bonds is 2. The number of aryl methyl sites for hydroxylation is 1. The fourth-order valence-corrected chi connectivity index (χ4v) is 1.73. The van der Waals surface area contributed by atoms with E-state index in [1.165, 1.54) is 17.7 Å². The summed E-state index contributed by atoms with van der Waals surface area (Å²) in [6, 6.07) is 3.40. The Morgan fingerprint density at radius 3 is 2.71 bits per heavy atom. The zero-order valence-corrected chi connectivity index (χ0v) is 11.2. The average Bonchev–Trinajstić information content (AvgIpc) is 2.78. The highest BCUT2D eigenvalue weighted by Gasteiger charge is 2.30. The van der Waals surface area contributed by atoms with Gasteiger partial charge in [0.1, 0.15) is 11.6 Å². The average molecular weight is 293 g/mol. The summed E-state index contributed by atoms with van der Waals surface area (Å²) in [6.07, 6.45) is -3.61. The molecule has 0 unspecified atom stereocenters. The van der Waals surface area contributed by atoms with Gasteiger partial charge in [-0.2, -0.15) is 18.4 Å². The van der Waals surface area contributed by atoms with Crippen molar-refractivity contribution in [2.45, 2.75) is 13.1 Å². The van der Waals surface area contributed by atoms with Crippen LogP contribution in [0.5, 0.6) is 0 Å². The van der Waals surface area contributed by atoms with Crippen LogP contribution in [0, 0.1) is 11.3 Å². The number of fused-ring (bicyclic) bond motifs is 1. The van der Waals surface area contributed by atoms with Crippen LogP contribution in [0.4, 0.5) is 13.2 Å². The maximum atomic E-state index is 12.5. The minimum atomic E-state index is -4.50. The first-order valence-electron chi connectivity index (χ1n) is 5.79. The van der Waals surface area contributed by atoms with Crippen molar-refractivity contribution in [2.24, 2.45) is 7.05 Å². The van der Waals surface area contributed by atoms with Crippen molar-refractivity contribution in [3.63, 3.8) is 0 Å². The maximum Gasteiger partial charge on any atom is 0.415 e. The molecule has 0 N–H and O–H groups in total. The number of nitrogens with zero attached hydrogens (tertiary/aromatic N) is 5. The molecule has 0 fully saturated rings. The molecule has 0 saturated heterocycles. The Bertz CT molecular complexity index is 792. The molecule has 0 aliphatic carbocycles. The van der Waals surface area contributed by atoms with Crippen LogP contribution < -0.4 is 0 Å². The summed E-state index contributed by atoms with van der Waals surface area (Å²) in [4.78, 5) is 4.01. The maximum absolute atomic E-state index is 12.5. The Labute approximate surface area is 118 Å². The number of pyridine rings is 1. The minimum Gasteiger partial charge on any atom is -0.248 e. The lowest BCUT2D eigenvalue weighted by Gasteiger charge is -2.08. The molecule has 0 spiro atoms. The molecule has 2 aromatic heterocycles. The molecule has 8 heteroatoms. The molecule has 2 heterocycles. The van der Waals surface area contributed by atoms with Crippen molar-refractivity contribution >= 4 is 16.6 Å². The highest BCUT2D eigenvalue weighted by atomic mass is 19.4. The van der Waals surface area contributed by atoms with E-state index in [9.17, 15) is 13.2 Å². The fourth-order valence-electron chi connectivity index (χ4n) is 1.73. The van der Waals surface area contributed by atoms with Crippen LogP contribution in [0.25, 0.3) is 16.6 Å². The summed E-state index contributed by atoms with van der Waals surface area (Å²) in [7, 11) is 1.62. The van der Waals surface area contributed by atoms with Crippen LogP contribution in [0.15, 0.2) is 24.3 Å². The lowest BCUT2D eigenvalue weighted by atomic mass is 10.1. The molecule has 0 aliphatic heterocycles. The van der Waals surface area contributed by atoms with Crippen molar-refractivity contribution < 1.29 is 13.2 Å². The number of allylic oxidation sites excluding steroid dienone is 3. The number of aromatic nitrogens is 4. The van der Waals surface area contributed by atoms with Gasteiger partial charge in [0.15, 0.2) is 5.69 Å². The van der Waals surface area contributed by atoms with Gasteiger partial charge in [0.25, 0.3) is 0 Å². The van der Waals surface area contributed by atoms with Crippen LogP contribution in [0.3, 0.4) is 0 Å². The summed E-state index contributed by atoms with van der Waals surface area (Å²) in [5, 5.41) is 16.6. The third kappa shape index (κ3) is 2.76. The predicted octanol–water partition coefficient (Wildman–Crippen LogP) is 2.76. The molecule has 0 aliphatic rings. The van der Waals surface area contributed by atoms with Gasteiger partial charge in [0, 0.05) is 12.6 Å². The third-order valence-corrected chi connectivity index (χ3v) is 2.86. The van der Waals surface area contributed by atoms with Crippen LogP contribution in [-0.4, -0.2) is 26.2 Å². The van der Waals surface area contributed by atoms with E-state index in [-0.39, 0.29) is 17.0 Å². The molecule has 5 nitrogen and oxygen atoms in total. The van der Waals surface area contributed by atoms with Crippen LogP contribution >= 0.6 is 0 Å². The molecule has 0 amide bonds. The van der Waals surface area contributed by atoms with Gasteiger partial charge in [-0.05, 0) is 24.6 Å². The zero-order chi connectivity index (χ0) is 15.8. The standard InChI is InChI=1S/C13H10F3N5/c1-7(4-8(2)13(14,15)16)9-5-11-12(10(6-17)18-9)19-20-21(11)3/h4-5H,2H2,1,3H3/b7-4+. The van der Waals surface area contributed by atoms with Crippen molar-refractivity contribution in [3.05, 3.63) is 35.7 Å². The molecule has 108 valence electrons. The van der Waals surface area contributed by atoms with Crippen molar-refractivity contribution in [3.8, 4) is 6.07 Å². The van der Waals surface area contributed by atoms with E-state index in [1.54, 1.807) is 7.05 Å². The zero-order valence-electron chi connectivity index (χ0n) is 11.2. The third-order valence-electron chi connectivity index (χ3n) is 2.86. The second-order valence-corrected chi connectivity index (χ2v) is 4.40. The Hall–Kier alpha value is -2.69. The van der Waals surface area contributed by atoms with E-state index in [0.29, 0.717) is 11.0 Å². The Kier molecular flexibility index (Phi) is 3.51. The number of alkyl halides is 3. The first-order chi connectivity index (χ1) is 9.74. The van der Waals surface area contributed by atoms with Crippen molar-refractivity contribution in [2.75, 3.05) is 0 Å². The Morgan fingerprint density at radius 2 is 2.14 bits per heavy atom. The SMILES string of the molecule is C=C(/C=C(\C)c1cc2c(nnn2C)c(C#N)n1)C(F)(F)F. The first-order valence-corrected chi connectivity index (χ1v) is 5.79. The molecule has 0 aromatic carbocycles. The van der Waals surface area contributed by atoms with E-state index >= 15 is 0 Å². The summed E-state index contributed by atoms with van der Waals surface area (Å²) in [6.45, 7) is 4.45. The van der Waals surface area contributed by atoms with Gasteiger partial charge in [-0.15, -0.1) is 5.10 Å². The highest BCUT2D eigenvalue weighted by Crippen LogP contribution is 2.28. The highest BCUT2D eigenvalue weighted by molar-refractivity contribution is 5.82. The van der Waals surface area contributed by atoms with Gasteiger partial charge < -0.3 is 0 Å². The second-order valence-electron chi connectivity index (χ2n) is 4.40. The van der Waals surface area contributed by atoms with E-state index in [4.69, 9.17) is 5.26 Å². The molecule has 0 bridgehead atoms. The molecule has 21 heavy (non-hydrogen) atoms. The molecule has 2 rings (SSSR count). The summed E-state index contributed by atoms with van der Waals surface area (Å²) < 4.78 is 38.9. The molecule has 2 aromatic rings. The lowest BCUT2D eigenvalue weighted by Crippen LogP contribution is -2.09. The summed E-state index contributed by atoms with van der Waals surface area (Å²) in [5.41, 5.74) is 0.351. The van der Waals surface area contributed by atoms with E-state index in [2.05, 4.69) is 21.9 Å². The van der Waals surface area contributed by atoms with Crippen LogP contribution in [-0.2, 0) is 7.05 Å². The summed E-state index contributed by atoms with van der Waals surface area (Å²) >= 11 is 0. The van der Waals surface area contributed by atoms with Crippen LogP contribution in [0.1, 0.15) is 18.3 Å². The normalized spacial score (nSPS) is 12.5. The molecule has 0 saturated carbocycles. The van der Waals surface area contributed by atoms with Crippen LogP contribution in [0.2, 0.25) is 0 Å². The molecule has 0 radical (unpaired) electrons. The topological polar surface area (TPSA) is 67.4 Å². The van der Waals surface area contributed by atoms with Gasteiger partial charge in [-0.3, -0.25) is 0 Å². The second kappa shape index (κ2) is 5.01. The largest absolute Gasteiger partial charge is 0.415 e. The Balaban J connectivity index is 2.57.